The summed E-state index contributed by atoms with van der Waals surface area (Å²) in [6, 6.07) is 15.9. The van der Waals surface area contributed by atoms with Crippen molar-refractivity contribution in [1.82, 2.24) is 9.36 Å². The molecule has 0 aliphatic heterocycles. The van der Waals surface area contributed by atoms with E-state index in [4.69, 9.17) is 16.5 Å². The summed E-state index contributed by atoms with van der Waals surface area (Å²) in [6.45, 7) is 3.94. The van der Waals surface area contributed by atoms with Gasteiger partial charge in [-0.3, -0.25) is 0 Å². The van der Waals surface area contributed by atoms with Gasteiger partial charge in [-0.15, -0.1) is 4.37 Å². The number of aromatic nitrogens is 2. The summed E-state index contributed by atoms with van der Waals surface area (Å²) in [7, 11) is 0. The minimum Gasteiger partial charge on any atom is -0.398 e. The highest BCUT2D eigenvalue weighted by atomic mass is 32.1. The van der Waals surface area contributed by atoms with Crippen molar-refractivity contribution in [3.05, 3.63) is 81.9 Å². The van der Waals surface area contributed by atoms with Crippen molar-refractivity contribution in [2.75, 3.05) is 0 Å². The fourth-order valence-electron chi connectivity index (χ4n) is 3.69. The molecule has 5 rings (SSSR count). The zero-order chi connectivity index (χ0) is 20.1. The maximum absolute atomic E-state index is 6.25. The second-order valence-corrected chi connectivity index (χ2v) is 7.70. The third kappa shape index (κ3) is 2.70. The van der Waals surface area contributed by atoms with E-state index < -0.39 is 0 Å². The summed E-state index contributed by atoms with van der Waals surface area (Å²) < 4.78 is 4.38. The number of nitrogens with two attached hydrogens (primary N) is 2. The topological polar surface area (TPSA) is 103 Å². The molecule has 0 spiro atoms. The van der Waals surface area contributed by atoms with Crippen LogP contribution in [0.2, 0.25) is 0 Å². The van der Waals surface area contributed by atoms with Crippen LogP contribution < -0.4 is 11.5 Å². The first-order chi connectivity index (χ1) is 14.0. The fraction of sp³-hybridized carbons (Fsp3) is 0.0909. The molecule has 2 aliphatic rings. The Morgan fingerprint density at radius 1 is 0.724 bits per heavy atom. The predicted molar refractivity (Wildman–Crippen MR) is 119 cm³/mol. The van der Waals surface area contributed by atoms with Gasteiger partial charge in [-0.1, -0.05) is 48.5 Å². The quantitative estimate of drug-likeness (QED) is 0.676. The molecule has 4 N–H and O–H groups in total. The van der Waals surface area contributed by atoms with E-state index in [0.717, 1.165) is 56.2 Å². The summed E-state index contributed by atoms with van der Waals surface area (Å²) in [6.07, 6.45) is 0. The third-order valence-corrected chi connectivity index (χ3v) is 5.89. The van der Waals surface area contributed by atoms with E-state index in [-0.39, 0.29) is 0 Å². The molecule has 0 amide bonds. The Labute approximate surface area is 172 Å². The van der Waals surface area contributed by atoms with Gasteiger partial charge in [-0.2, -0.15) is 4.98 Å². The van der Waals surface area contributed by atoms with Crippen LogP contribution >= 0.6 is 11.5 Å². The monoisotopic (exact) mass is 398 g/mol. The smallest absolute Gasteiger partial charge is 0.263 e. The van der Waals surface area contributed by atoms with E-state index in [0.29, 0.717) is 11.1 Å². The Bertz CT molecular complexity index is 1190. The molecule has 0 fully saturated rings. The van der Waals surface area contributed by atoms with E-state index >= 15 is 0 Å². The van der Waals surface area contributed by atoms with Crippen molar-refractivity contribution in [3.8, 4) is 0 Å². The zero-order valence-electron chi connectivity index (χ0n) is 16.0. The average molecular weight is 398 g/mol. The average Bonchev–Trinajstić information content (AvgIpc) is 3.36. The largest absolute Gasteiger partial charge is 0.398 e. The van der Waals surface area contributed by atoms with Gasteiger partial charge in [0.05, 0.1) is 11.4 Å². The Balaban J connectivity index is 1.54. The Morgan fingerprint density at radius 3 is 1.76 bits per heavy atom. The lowest BCUT2D eigenvalue weighted by Gasteiger charge is -2.00. The molecule has 0 bridgehead atoms. The molecule has 1 aromatic heterocycles. The van der Waals surface area contributed by atoms with E-state index in [2.05, 4.69) is 14.3 Å². The minimum atomic E-state index is 0.383. The molecule has 6 nitrogen and oxygen atoms in total. The van der Waals surface area contributed by atoms with Crippen LogP contribution in [0.1, 0.15) is 36.1 Å². The van der Waals surface area contributed by atoms with Crippen molar-refractivity contribution in [3.63, 3.8) is 0 Å². The van der Waals surface area contributed by atoms with Crippen molar-refractivity contribution >= 4 is 45.4 Å². The van der Waals surface area contributed by atoms with Gasteiger partial charge in [0, 0.05) is 45.2 Å². The number of fused-ring (bicyclic) bond motifs is 2. The van der Waals surface area contributed by atoms with Crippen LogP contribution in [0.15, 0.2) is 69.7 Å². The van der Waals surface area contributed by atoms with Gasteiger partial charge in [0.25, 0.3) is 5.95 Å². The van der Waals surface area contributed by atoms with Gasteiger partial charge in [0.2, 0.25) is 5.13 Å². The summed E-state index contributed by atoms with van der Waals surface area (Å²) in [5.74, 6) is 0.383. The van der Waals surface area contributed by atoms with Crippen molar-refractivity contribution in [2.24, 2.45) is 21.5 Å². The molecule has 2 aromatic carbocycles. The molecular formula is C22H18N6S. The van der Waals surface area contributed by atoms with Crippen LogP contribution in [0.3, 0.4) is 0 Å². The highest BCUT2D eigenvalue weighted by Crippen LogP contribution is 2.34. The van der Waals surface area contributed by atoms with E-state index in [9.17, 15) is 0 Å². The second kappa shape index (κ2) is 6.49. The van der Waals surface area contributed by atoms with Crippen LogP contribution in [-0.4, -0.2) is 20.8 Å². The SMILES string of the molecule is CC1=C(N)c2ccccc2C1=Nc1nsc(N=C2C(C)=C(N)c3ccccc32)n1. The maximum Gasteiger partial charge on any atom is 0.263 e. The van der Waals surface area contributed by atoms with E-state index in [1.165, 1.54) is 11.5 Å². The van der Waals surface area contributed by atoms with Crippen LogP contribution in [-0.2, 0) is 0 Å². The first kappa shape index (κ1) is 17.5. The number of benzene rings is 2. The summed E-state index contributed by atoms with van der Waals surface area (Å²) >= 11 is 1.21. The van der Waals surface area contributed by atoms with Crippen LogP contribution in [0, 0.1) is 0 Å². The standard InChI is InChI=1S/C22H18N6S/c1-11-17(23)13-7-3-5-9-15(13)19(11)25-21-27-22(29-28-21)26-20-12(2)18(24)14-8-4-6-10-16(14)20/h3-10H,23-24H2,1-2H3. The van der Waals surface area contributed by atoms with Crippen LogP contribution in [0.25, 0.3) is 11.4 Å². The number of rotatable bonds is 2. The summed E-state index contributed by atoms with van der Waals surface area (Å²) in [5, 5.41) is 0.545. The first-order valence-electron chi connectivity index (χ1n) is 9.18. The molecule has 7 heteroatoms. The Hall–Kier alpha value is -3.58. The molecule has 142 valence electrons. The third-order valence-electron chi connectivity index (χ3n) is 5.29. The molecule has 0 atom stereocenters. The van der Waals surface area contributed by atoms with Gasteiger partial charge in [-0.05, 0) is 25.0 Å². The predicted octanol–water partition coefficient (Wildman–Crippen LogP) is 4.19. The van der Waals surface area contributed by atoms with Gasteiger partial charge < -0.3 is 11.5 Å². The highest BCUT2D eigenvalue weighted by Gasteiger charge is 2.25. The molecular weight excluding hydrogens is 380 g/mol. The lowest BCUT2D eigenvalue weighted by atomic mass is 10.1. The van der Waals surface area contributed by atoms with Crippen LogP contribution in [0.4, 0.5) is 11.1 Å². The minimum absolute atomic E-state index is 0.383. The zero-order valence-corrected chi connectivity index (χ0v) is 16.8. The lowest BCUT2D eigenvalue weighted by molar-refractivity contribution is 1.24. The first-order valence-corrected chi connectivity index (χ1v) is 9.96. The number of allylic oxidation sites excluding steroid dienone is 2. The fourth-order valence-corrected chi connectivity index (χ4v) is 4.19. The van der Waals surface area contributed by atoms with E-state index in [1.807, 2.05) is 62.4 Å². The van der Waals surface area contributed by atoms with Crippen molar-refractivity contribution in [2.45, 2.75) is 13.8 Å². The number of nitrogens with zero attached hydrogens (tertiary/aromatic N) is 4. The van der Waals surface area contributed by atoms with Gasteiger partial charge in [-0.25, -0.2) is 9.98 Å². The van der Waals surface area contributed by atoms with Gasteiger partial charge in [0.15, 0.2) is 0 Å². The Morgan fingerprint density at radius 2 is 1.21 bits per heavy atom. The summed E-state index contributed by atoms with van der Waals surface area (Å²) in [4.78, 5) is 13.9. The normalized spacial score (nSPS) is 18.1. The van der Waals surface area contributed by atoms with Crippen LogP contribution in [0.5, 0.6) is 0 Å². The Kier molecular flexibility index (Phi) is 3.92. The van der Waals surface area contributed by atoms with E-state index in [1.54, 1.807) is 0 Å². The maximum atomic E-state index is 6.25. The molecule has 2 aliphatic carbocycles. The number of aliphatic imine (C=N–C) groups is 2. The number of hydrogen-bond donors (Lipinski definition) is 2. The van der Waals surface area contributed by atoms with Crippen molar-refractivity contribution in [1.29, 1.82) is 0 Å². The molecule has 0 saturated heterocycles. The number of hydrogen-bond acceptors (Lipinski definition) is 7. The lowest BCUT2D eigenvalue weighted by Crippen LogP contribution is -1.99. The van der Waals surface area contributed by atoms with Gasteiger partial charge >= 0.3 is 0 Å². The summed E-state index contributed by atoms with van der Waals surface area (Å²) in [5.41, 5.74) is 21.5. The molecule has 3 aromatic rings. The molecule has 29 heavy (non-hydrogen) atoms. The molecule has 0 saturated carbocycles. The second-order valence-electron chi connectivity index (χ2n) is 6.97. The molecule has 0 unspecified atom stereocenters. The highest BCUT2D eigenvalue weighted by molar-refractivity contribution is 7.09. The molecule has 0 radical (unpaired) electrons. The molecule has 1 heterocycles. The van der Waals surface area contributed by atoms with Gasteiger partial charge in [0.1, 0.15) is 0 Å². The van der Waals surface area contributed by atoms with Crippen molar-refractivity contribution < 1.29 is 0 Å².